The number of phenolic OH excluding ortho intramolecular Hbond substituents is 1. The number of rotatable bonds is 4. The summed E-state index contributed by atoms with van der Waals surface area (Å²) in [6, 6.07) is 7.59. The number of carbonyl (C=O) groups is 1. The maximum absolute atomic E-state index is 12.2. The summed E-state index contributed by atoms with van der Waals surface area (Å²) in [5.74, 6) is 2.11. The van der Waals surface area contributed by atoms with E-state index in [0.717, 1.165) is 47.6 Å². The predicted octanol–water partition coefficient (Wildman–Crippen LogP) is 5.47. The summed E-state index contributed by atoms with van der Waals surface area (Å²) in [6.45, 7) is 4.65. The second-order valence-corrected chi connectivity index (χ2v) is 7.25. The molecule has 1 saturated carbocycles. The monoisotopic (exact) mass is 340 g/mol. The number of hydrogen-bond acceptors (Lipinski definition) is 4. The average Bonchev–Trinajstić information content (AvgIpc) is 3.12. The maximum atomic E-state index is 12.2. The van der Waals surface area contributed by atoms with Gasteiger partial charge in [-0.05, 0) is 37.0 Å². The van der Waals surface area contributed by atoms with E-state index in [1.807, 2.05) is 31.2 Å². The van der Waals surface area contributed by atoms with Crippen LogP contribution in [0.4, 0.5) is 4.79 Å². The molecule has 2 bridgehead atoms. The van der Waals surface area contributed by atoms with E-state index in [4.69, 9.17) is 9.47 Å². The molecule has 3 atom stereocenters. The number of aromatic hydroxyl groups is 1. The number of carbonyl (C=O) groups excluding carboxylic acids is 1. The van der Waals surface area contributed by atoms with E-state index in [1.54, 1.807) is 0 Å². The summed E-state index contributed by atoms with van der Waals surface area (Å²) in [6.07, 6.45) is 3.31. The Labute approximate surface area is 147 Å². The van der Waals surface area contributed by atoms with Crippen molar-refractivity contribution in [3.05, 3.63) is 35.4 Å². The summed E-state index contributed by atoms with van der Waals surface area (Å²) in [7, 11) is 0. The number of hydrogen-bond donors (Lipinski definition) is 1. The number of benzene rings is 2. The fourth-order valence-electron chi connectivity index (χ4n) is 4.67. The molecule has 0 radical (unpaired) electrons. The van der Waals surface area contributed by atoms with E-state index in [0.29, 0.717) is 35.9 Å². The molecule has 0 aromatic heterocycles. The highest BCUT2D eigenvalue weighted by Gasteiger charge is 2.47. The third kappa shape index (κ3) is 2.46. The van der Waals surface area contributed by atoms with E-state index in [1.165, 1.54) is 0 Å². The SMILES string of the molecule is CCCCOC(=O)Oc1c2c(c(O)c3ccccc13)C1CCC2C1C. The highest BCUT2D eigenvalue weighted by molar-refractivity contribution is 5.98. The van der Waals surface area contributed by atoms with Gasteiger partial charge in [-0.25, -0.2) is 4.79 Å². The molecule has 2 aromatic rings. The molecule has 0 amide bonds. The zero-order valence-electron chi connectivity index (χ0n) is 14.7. The third-order valence-electron chi connectivity index (χ3n) is 5.92. The number of unbranched alkanes of at least 4 members (excludes halogenated alkanes) is 1. The summed E-state index contributed by atoms with van der Waals surface area (Å²) < 4.78 is 10.9. The Kier molecular flexibility index (Phi) is 4.06. The van der Waals surface area contributed by atoms with Crippen LogP contribution in [0.15, 0.2) is 24.3 Å². The van der Waals surface area contributed by atoms with Gasteiger partial charge in [0.2, 0.25) is 0 Å². The minimum absolute atomic E-state index is 0.342. The van der Waals surface area contributed by atoms with Crippen LogP contribution in [0.2, 0.25) is 0 Å². The Hall–Kier alpha value is -2.23. The van der Waals surface area contributed by atoms with Crippen molar-refractivity contribution in [3.8, 4) is 11.5 Å². The number of phenols is 1. The lowest BCUT2D eigenvalue weighted by molar-refractivity contribution is 0.0978. The summed E-state index contributed by atoms with van der Waals surface area (Å²) in [5.41, 5.74) is 2.01. The Balaban J connectivity index is 1.81. The van der Waals surface area contributed by atoms with E-state index >= 15 is 0 Å². The summed E-state index contributed by atoms with van der Waals surface area (Å²) in [5, 5.41) is 12.4. The van der Waals surface area contributed by atoms with Crippen LogP contribution in [0.5, 0.6) is 11.5 Å². The molecule has 4 nitrogen and oxygen atoms in total. The molecule has 132 valence electrons. The molecule has 1 fully saturated rings. The van der Waals surface area contributed by atoms with Crippen LogP contribution < -0.4 is 4.74 Å². The molecule has 4 heteroatoms. The van der Waals surface area contributed by atoms with Crippen molar-refractivity contribution in [2.45, 2.75) is 51.4 Å². The third-order valence-corrected chi connectivity index (χ3v) is 5.92. The molecular weight excluding hydrogens is 316 g/mol. The molecule has 2 aliphatic rings. The highest BCUT2D eigenvalue weighted by atomic mass is 16.7. The molecule has 1 N–H and O–H groups in total. The Morgan fingerprint density at radius 1 is 1.16 bits per heavy atom. The maximum Gasteiger partial charge on any atom is 0.513 e. The summed E-state index contributed by atoms with van der Waals surface area (Å²) in [4.78, 5) is 12.2. The van der Waals surface area contributed by atoms with Gasteiger partial charge < -0.3 is 14.6 Å². The largest absolute Gasteiger partial charge is 0.513 e. The van der Waals surface area contributed by atoms with Crippen LogP contribution in [-0.2, 0) is 4.74 Å². The first-order chi connectivity index (χ1) is 12.1. The van der Waals surface area contributed by atoms with Gasteiger partial charge in [0.25, 0.3) is 0 Å². The van der Waals surface area contributed by atoms with Crippen LogP contribution in [0.25, 0.3) is 10.8 Å². The Morgan fingerprint density at radius 2 is 1.84 bits per heavy atom. The molecule has 0 spiro atoms. The predicted molar refractivity (Wildman–Crippen MR) is 96.4 cm³/mol. The van der Waals surface area contributed by atoms with Crippen molar-refractivity contribution in [3.63, 3.8) is 0 Å². The smallest absolute Gasteiger partial charge is 0.507 e. The molecule has 0 aliphatic heterocycles. The van der Waals surface area contributed by atoms with Gasteiger partial charge in [0, 0.05) is 21.9 Å². The molecule has 25 heavy (non-hydrogen) atoms. The minimum Gasteiger partial charge on any atom is -0.507 e. The van der Waals surface area contributed by atoms with Crippen LogP contribution in [0.1, 0.15) is 62.5 Å². The standard InChI is InChI=1S/C21H24O4/c1-3-4-11-24-21(23)25-20-16-8-6-5-7-15(16)19(22)17-13-9-10-14(12(13)2)18(17)20/h5-8,12-14,22H,3-4,9-11H2,1-2H3. The second-order valence-electron chi connectivity index (χ2n) is 7.25. The molecule has 2 aliphatic carbocycles. The van der Waals surface area contributed by atoms with Crippen molar-refractivity contribution in [2.24, 2.45) is 5.92 Å². The first kappa shape index (κ1) is 16.2. The lowest BCUT2D eigenvalue weighted by Gasteiger charge is -2.22. The van der Waals surface area contributed by atoms with Gasteiger partial charge in [-0.2, -0.15) is 0 Å². The quantitative estimate of drug-likeness (QED) is 0.455. The van der Waals surface area contributed by atoms with Crippen LogP contribution in [0.3, 0.4) is 0 Å². The fourth-order valence-corrected chi connectivity index (χ4v) is 4.67. The first-order valence-corrected chi connectivity index (χ1v) is 9.25. The van der Waals surface area contributed by atoms with Crippen molar-refractivity contribution in [2.75, 3.05) is 6.61 Å². The Morgan fingerprint density at radius 3 is 2.56 bits per heavy atom. The lowest BCUT2D eigenvalue weighted by Crippen LogP contribution is -2.14. The zero-order chi connectivity index (χ0) is 17.6. The van der Waals surface area contributed by atoms with Gasteiger partial charge in [0.1, 0.15) is 11.5 Å². The van der Waals surface area contributed by atoms with Gasteiger partial charge in [-0.1, -0.05) is 44.5 Å². The van der Waals surface area contributed by atoms with Crippen molar-refractivity contribution < 1.29 is 19.4 Å². The van der Waals surface area contributed by atoms with Gasteiger partial charge in [-0.3, -0.25) is 0 Å². The second kappa shape index (κ2) is 6.25. The highest BCUT2D eigenvalue weighted by Crippen LogP contribution is 2.63. The molecule has 4 rings (SSSR count). The van der Waals surface area contributed by atoms with E-state index in [2.05, 4.69) is 6.92 Å². The Bertz CT molecular complexity index is 826. The summed E-state index contributed by atoms with van der Waals surface area (Å²) >= 11 is 0. The van der Waals surface area contributed by atoms with Crippen molar-refractivity contribution in [1.82, 2.24) is 0 Å². The van der Waals surface area contributed by atoms with E-state index in [9.17, 15) is 9.90 Å². The van der Waals surface area contributed by atoms with Gasteiger partial charge >= 0.3 is 6.16 Å². The fraction of sp³-hybridized carbons (Fsp3) is 0.476. The van der Waals surface area contributed by atoms with Gasteiger partial charge in [0.05, 0.1) is 6.61 Å². The lowest BCUT2D eigenvalue weighted by atomic mass is 9.87. The topological polar surface area (TPSA) is 55.8 Å². The van der Waals surface area contributed by atoms with Gasteiger partial charge in [-0.15, -0.1) is 0 Å². The molecule has 2 aromatic carbocycles. The van der Waals surface area contributed by atoms with Crippen LogP contribution in [0, 0.1) is 5.92 Å². The molecule has 3 unspecified atom stereocenters. The first-order valence-electron chi connectivity index (χ1n) is 9.25. The molecule has 0 heterocycles. The zero-order valence-corrected chi connectivity index (χ0v) is 14.7. The van der Waals surface area contributed by atoms with E-state index < -0.39 is 6.16 Å². The van der Waals surface area contributed by atoms with Crippen LogP contribution >= 0.6 is 0 Å². The number of ether oxygens (including phenoxy) is 2. The van der Waals surface area contributed by atoms with E-state index in [-0.39, 0.29) is 0 Å². The van der Waals surface area contributed by atoms with Crippen molar-refractivity contribution in [1.29, 1.82) is 0 Å². The van der Waals surface area contributed by atoms with Gasteiger partial charge in [0.15, 0.2) is 0 Å². The molecular formula is C21H24O4. The normalized spacial score (nSPS) is 23.7. The number of fused-ring (bicyclic) bond motifs is 6. The average molecular weight is 340 g/mol. The minimum atomic E-state index is -0.651. The van der Waals surface area contributed by atoms with Crippen LogP contribution in [-0.4, -0.2) is 17.9 Å². The van der Waals surface area contributed by atoms with Crippen molar-refractivity contribution >= 4 is 16.9 Å². The molecule has 0 saturated heterocycles.